The Balaban J connectivity index is 1.85. The second-order valence-electron chi connectivity index (χ2n) is 5.85. The molecule has 0 bridgehead atoms. The number of nitrogens with one attached hydrogen (secondary N) is 1. The summed E-state index contributed by atoms with van der Waals surface area (Å²) in [4.78, 5) is 12.8. The summed E-state index contributed by atoms with van der Waals surface area (Å²) >= 11 is 0. The molecule has 0 aromatic heterocycles. The minimum absolute atomic E-state index is 0.124. The molecule has 0 saturated carbocycles. The number of anilines is 1. The van der Waals surface area contributed by atoms with Crippen molar-refractivity contribution in [3.05, 3.63) is 48.0 Å². The predicted molar refractivity (Wildman–Crippen MR) is 87.2 cm³/mol. The molecule has 3 rings (SSSR count). The Hall–Kier alpha value is -2.69. The molecule has 2 aromatic carbocycles. The summed E-state index contributed by atoms with van der Waals surface area (Å²) in [7, 11) is 1.58. The molecule has 0 aliphatic carbocycles. The molecule has 1 aliphatic rings. The largest absolute Gasteiger partial charge is 0.495 e. The maximum atomic E-state index is 12.8. The van der Waals surface area contributed by atoms with Crippen LogP contribution >= 0.6 is 0 Å². The molecule has 1 aliphatic heterocycles. The van der Waals surface area contributed by atoms with Crippen molar-refractivity contribution in [3.8, 4) is 17.2 Å². The number of ether oxygens (including phenoxy) is 3. The van der Waals surface area contributed by atoms with Crippen molar-refractivity contribution < 1.29 is 19.0 Å². The summed E-state index contributed by atoms with van der Waals surface area (Å²) < 4.78 is 16.0. The van der Waals surface area contributed by atoms with Gasteiger partial charge in [-0.1, -0.05) is 18.2 Å². The van der Waals surface area contributed by atoms with Crippen molar-refractivity contribution in [2.24, 2.45) is 0 Å². The number of carbonyl (C=O) groups excluding carboxylic acids is 1. The first-order chi connectivity index (χ1) is 11.0. The standard InChI is InChI=1S/C18H19NO4/c1-18(2,12-8-9-15-16(10-12)23-11-22-15)17(20)19-13-6-4-5-7-14(13)21-3/h4-10H,11H2,1-3H3,(H,19,20). The van der Waals surface area contributed by atoms with Gasteiger partial charge in [0, 0.05) is 0 Å². The average Bonchev–Trinajstić information content (AvgIpc) is 3.02. The minimum Gasteiger partial charge on any atom is -0.495 e. The Labute approximate surface area is 135 Å². The van der Waals surface area contributed by atoms with Crippen molar-refractivity contribution in [2.75, 3.05) is 19.2 Å². The van der Waals surface area contributed by atoms with Gasteiger partial charge in [0.2, 0.25) is 12.7 Å². The SMILES string of the molecule is COc1ccccc1NC(=O)C(C)(C)c1ccc2c(c1)OCO2. The van der Waals surface area contributed by atoms with Crippen molar-refractivity contribution in [1.82, 2.24) is 0 Å². The number of carbonyl (C=O) groups is 1. The third-order valence-electron chi connectivity index (χ3n) is 4.02. The summed E-state index contributed by atoms with van der Waals surface area (Å²) in [5.41, 5.74) is 0.768. The molecule has 1 heterocycles. The van der Waals surface area contributed by atoms with Crippen LogP contribution < -0.4 is 19.5 Å². The van der Waals surface area contributed by atoms with Gasteiger partial charge in [-0.2, -0.15) is 0 Å². The number of hydrogen-bond acceptors (Lipinski definition) is 4. The van der Waals surface area contributed by atoms with Gasteiger partial charge in [-0.05, 0) is 43.7 Å². The third kappa shape index (κ3) is 2.82. The van der Waals surface area contributed by atoms with Crippen LogP contribution in [0.5, 0.6) is 17.2 Å². The zero-order chi connectivity index (χ0) is 16.4. The molecule has 0 fully saturated rings. The monoisotopic (exact) mass is 313 g/mol. The van der Waals surface area contributed by atoms with Crippen molar-refractivity contribution in [3.63, 3.8) is 0 Å². The van der Waals surface area contributed by atoms with E-state index in [4.69, 9.17) is 14.2 Å². The van der Waals surface area contributed by atoms with Crippen molar-refractivity contribution in [1.29, 1.82) is 0 Å². The number of methoxy groups -OCH3 is 1. The molecule has 0 atom stereocenters. The van der Waals surface area contributed by atoms with E-state index in [1.165, 1.54) is 0 Å². The van der Waals surface area contributed by atoms with E-state index < -0.39 is 5.41 Å². The normalized spacial score (nSPS) is 12.8. The lowest BCUT2D eigenvalue weighted by Crippen LogP contribution is -2.34. The van der Waals surface area contributed by atoms with E-state index in [0.717, 1.165) is 5.56 Å². The maximum Gasteiger partial charge on any atom is 0.234 e. The molecule has 0 saturated heterocycles. The number of benzene rings is 2. The Morgan fingerprint density at radius 2 is 1.87 bits per heavy atom. The number of para-hydroxylation sites is 2. The van der Waals surface area contributed by atoms with Crippen molar-refractivity contribution in [2.45, 2.75) is 19.3 Å². The highest BCUT2D eigenvalue weighted by Crippen LogP contribution is 2.37. The van der Waals surface area contributed by atoms with Gasteiger partial charge in [0.05, 0.1) is 18.2 Å². The maximum absolute atomic E-state index is 12.8. The van der Waals surface area contributed by atoms with Crippen LogP contribution in [-0.2, 0) is 10.2 Å². The molecule has 5 nitrogen and oxygen atoms in total. The van der Waals surface area contributed by atoms with E-state index in [0.29, 0.717) is 22.9 Å². The van der Waals surface area contributed by atoms with E-state index in [2.05, 4.69) is 5.32 Å². The fraction of sp³-hybridized carbons (Fsp3) is 0.278. The van der Waals surface area contributed by atoms with Crippen LogP contribution in [0.4, 0.5) is 5.69 Å². The first-order valence-electron chi connectivity index (χ1n) is 7.37. The second kappa shape index (κ2) is 5.83. The van der Waals surface area contributed by atoms with Gasteiger partial charge in [-0.15, -0.1) is 0 Å². The van der Waals surface area contributed by atoms with Crippen LogP contribution in [0.15, 0.2) is 42.5 Å². The highest BCUT2D eigenvalue weighted by molar-refractivity contribution is 5.99. The molecule has 2 aromatic rings. The summed E-state index contributed by atoms with van der Waals surface area (Å²) in [6.45, 7) is 3.96. The summed E-state index contributed by atoms with van der Waals surface area (Å²) in [5, 5.41) is 2.93. The molecule has 120 valence electrons. The van der Waals surface area contributed by atoms with E-state index >= 15 is 0 Å². The smallest absolute Gasteiger partial charge is 0.234 e. The first kappa shape index (κ1) is 15.2. The summed E-state index contributed by atoms with van der Waals surface area (Å²) in [6.07, 6.45) is 0. The number of amides is 1. The van der Waals surface area contributed by atoms with E-state index in [1.807, 2.05) is 56.3 Å². The zero-order valence-electron chi connectivity index (χ0n) is 13.4. The highest BCUT2D eigenvalue weighted by Gasteiger charge is 2.32. The molecule has 5 heteroatoms. The van der Waals surface area contributed by atoms with E-state index in [9.17, 15) is 4.79 Å². The lowest BCUT2D eigenvalue weighted by Gasteiger charge is -2.25. The molecule has 0 spiro atoms. The fourth-order valence-electron chi connectivity index (χ4n) is 2.44. The molecule has 0 unspecified atom stereocenters. The Bertz CT molecular complexity index is 740. The van der Waals surface area contributed by atoms with Crippen LogP contribution in [0.25, 0.3) is 0 Å². The molecule has 23 heavy (non-hydrogen) atoms. The lowest BCUT2D eigenvalue weighted by molar-refractivity contribution is -0.120. The number of hydrogen-bond donors (Lipinski definition) is 1. The lowest BCUT2D eigenvalue weighted by atomic mass is 9.83. The van der Waals surface area contributed by atoms with Gasteiger partial charge >= 0.3 is 0 Å². The number of rotatable bonds is 4. The molecular formula is C18H19NO4. The van der Waals surface area contributed by atoms with E-state index in [1.54, 1.807) is 7.11 Å². The third-order valence-corrected chi connectivity index (χ3v) is 4.02. The van der Waals surface area contributed by atoms with Crippen LogP contribution in [-0.4, -0.2) is 19.8 Å². The predicted octanol–water partition coefficient (Wildman–Crippen LogP) is 3.34. The molecule has 1 N–H and O–H groups in total. The van der Waals surface area contributed by atoms with Gasteiger partial charge in [0.25, 0.3) is 0 Å². The average molecular weight is 313 g/mol. The van der Waals surface area contributed by atoms with Gasteiger partial charge in [0.15, 0.2) is 11.5 Å². The minimum atomic E-state index is -0.734. The Morgan fingerprint density at radius 3 is 2.65 bits per heavy atom. The topological polar surface area (TPSA) is 56.8 Å². The van der Waals surface area contributed by atoms with Crippen molar-refractivity contribution >= 4 is 11.6 Å². The van der Waals surface area contributed by atoms with Gasteiger partial charge in [-0.3, -0.25) is 4.79 Å². The summed E-state index contributed by atoms with van der Waals surface area (Å²) in [6, 6.07) is 12.9. The number of fused-ring (bicyclic) bond motifs is 1. The fourth-order valence-corrected chi connectivity index (χ4v) is 2.44. The highest BCUT2D eigenvalue weighted by atomic mass is 16.7. The molecule has 1 amide bonds. The zero-order valence-corrected chi connectivity index (χ0v) is 13.4. The summed E-state index contributed by atoms with van der Waals surface area (Å²) in [5.74, 6) is 1.87. The first-order valence-corrected chi connectivity index (χ1v) is 7.37. The van der Waals surface area contributed by atoms with Crippen LogP contribution in [0.3, 0.4) is 0 Å². The van der Waals surface area contributed by atoms with Crippen LogP contribution in [0.2, 0.25) is 0 Å². The second-order valence-corrected chi connectivity index (χ2v) is 5.85. The quantitative estimate of drug-likeness (QED) is 0.940. The van der Waals surface area contributed by atoms with Gasteiger partial charge in [-0.25, -0.2) is 0 Å². The van der Waals surface area contributed by atoms with Crippen LogP contribution in [0, 0.1) is 0 Å². The Morgan fingerprint density at radius 1 is 1.13 bits per heavy atom. The molecular weight excluding hydrogens is 294 g/mol. The Kier molecular flexibility index (Phi) is 3.86. The van der Waals surface area contributed by atoms with E-state index in [-0.39, 0.29) is 12.7 Å². The van der Waals surface area contributed by atoms with Gasteiger partial charge < -0.3 is 19.5 Å². The van der Waals surface area contributed by atoms with Crippen LogP contribution in [0.1, 0.15) is 19.4 Å². The van der Waals surface area contributed by atoms with Gasteiger partial charge in [0.1, 0.15) is 5.75 Å². The molecule has 0 radical (unpaired) electrons.